The zero-order valence-electron chi connectivity index (χ0n) is 9.35. The second kappa shape index (κ2) is 8.06. The van der Waals surface area contributed by atoms with Crippen molar-refractivity contribution in [2.24, 2.45) is 0 Å². The first-order valence-electron chi connectivity index (χ1n) is 5.25. The molecule has 14 heavy (non-hydrogen) atoms. The second-order valence-electron chi connectivity index (χ2n) is 3.29. The summed E-state index contributed by atoms with van der Waals surface area (Å²) in [6.45, 7) is 9.84. The van der Waals surface area contributed by atoms with Crippen molar-refractivity contribution in [1.82, 2.24) is 10.2 Å². The number of hydrogen-bond acceptors (Lipinski definition) is 2. The third-order valence-corrected chi connectivity index (χ3v) is 2.40. The lowest BCUT2D eigenvalue weighted by atomic mass is 10.3. The molecule has 84 valence electrons. The van der Waals surface area contributed by atoms with E-state index in [2.05, 4.69) is 24.1 Å². The van der Waals surface area contributed by atoms with Crippen molar-refractivity contribution in [3.05, 3.63) is 0 Å². The molecule has 0 unspecified atom stereocenters. The third-order valence-electron chi connectivity index (χ3n) is 2.21. The molecule has 0 aliphatic rings. The van der Waals surface area contributed by atoms with Gasteiger partial charge in [0.15, 0.2) is 0 Å². The van der Waals surface area contributed by atoms with Gasteiger partial charge in [0.25, 0.3) is 0 Å². The van der Waals surface area contributed by atoms with Crippen LogP contribution < -0.4 is 5.32 Å². The number of nitrogens with one attached hydrogen (secondary N) is 1. The van der Waals surface area contributed by atoms with Crippen LogP contribution in [0.2, 0.25) is 0 Å². The van der Waals surface area contributed by atoms with Crippen LogP contribution in [-0.4, -0.2) is 42.4 Å². The fraction of sp³-hybridized carbons (Fsp3) is 0.900. The van der Waals surface area contributed by atoms with Crippen molar-refractivity contribution in [1.29, 1.82) is 0 Å². The van der Waals surface area contributed by atoms with Crippen LogP contribution in [0.25, 0.3) is 0 Å². The number of rotatable bonds is 7. The zero-order chi connectivity index (χ0) is 11.0. The predicted molar refractivity (Wildman–Crippen MR) is 60.7 cm³/mol. The highest BCUT2D eigenvalue weighted by molar-refractivity contribution is 6.30. The molecule has 1 N–H and O–H groups in total. The van der Waals surface area contributed by atoms with Gasteiger partial charge in [-0.2, -0.15) is 0 Å². The average molecular weight is 221 g/mol. The molecule has 0 heterocycles. The molecule has 0 aromatic rings. The maximum absolute atomic E-state index is 11.1. The molecule has 0 spiro atoms. The summed E-state index contributed by atoms with van der Waals surface area (Å²) in [5.74, 6) is -0.0776. The van der Waals surface area contributed by atoms with Crippen LogP contribution in [0.15, 0.2) is 0 Å². The SMILES string of the molecule is CCN(CC)CCCNC(=O)[C@@H](C)Cl. The van der Waals surface area contributed by atoms with Gasteiger partial charge < -0.3 is 10.2 Å². The summed E-state index contributed by atoms with van der Waals surface area (Å²) in [6.07, 6.45) is 0.983. The highest BCUT2D eigenvalue weighted by atomic mass is 35.5. The monoisotopic (exact) mass is 220 g/mol. The Balaban J connectivity index is 3.41. The number of amides is 1. The van der Waals surface area contributed by atoms with Crippen molar-refractivity contribution in [2.75, 3.05) is 26.2 Å². The van der Waals surface area contributed by atoms with Crippen molar-refractivity contribution in [3.8, 4) is 0 Å². The van der Waals surface area contributed by atoms with Gasteiger partial charge in [-0.3, -0.25) is 4.79 Å². The molecule has 4 heteroatoms. The van der Waals surface area contributed by atoms with Crippen LogP contribution in [0, 0.1) is 0 Å². The molecule has 3 nitrogen and oxygen atoms in total. The molecule has 0 saturated heterocycles. The lowest BCUT2D eigenvalue weighted by Gasteiger charge is -2.17. The number of carbonyl (C=O) groups excluding carboxylic acids is 1. The Morgan fingerprint density at radius 2 is 2.00 bits per heavy atom. The lowest BCUT2D eigenvalue weighted by Crippen LogP contribution is -2.33. The van der Waals surface area contributed by atoms with Crippen LogP contribution in [0.3, 0.4) is 0 Å². The standard InChI is InChI=1S/C10H21ClN2O/c1-4-13(5-2)8-6-7-12-10(14)9(3)11/h9H,4-8H2,1-3H3,(H,12,14)/t9-/m1/s1. The first kappa shape index (κ1) is 13.7. The third kappa shape index (κ3) is 6.22. The Hall–Kier alpha value is -0.280. The van der Waals surface area contributed by atoms with E-state index in [1.807, 2.05) is 0 Å². The predicted octanol–water partition coefficient (Wildman–Crippen LogP) is 1.46. The summed E-state index contributed by atoms with van der Waals surface area (Å²) >= 11 is 5.60. The molecular weight excluding hydrogens is 200 g/mol. The van der Waals surface area contributed by atoms with Crippen molar-refractivity contribution in [3.63, 3.8) is 0 Å². The van der Waals surface area contributed by atoms with Crippen LogP contribution in [-0.2, 0) is 4.79 Å². The van der Waals surface area contributed by atoms with Crippen LogP contribution in [0.4, 0.5) is 0 Å². The van der Waals surface area contributed by atoms with E-state index in [9.17, 15) is 4.79 Å². The molecule has 1 amide bonds. The van der Waals surface area contributed by atoms with Crippen LogP contribution >= 0.6 is 11.6 Å². The van der Waals surface area contributed by atoms with E-state index < -0.39 is 5.38 Å². The molecular formula is C10H21ClN2O. The molecule has 1 atom stereocenters. The van der Waals surface area contributed by atoms with E-state index in [4.69, 9.17) is 11.6 Å². The maximum atomic E-state index is 11.1. The highest BCUT2D eigenvalue weighted by Gasteiger charge is 2.07. The Morgan fingerprint density at radius 1 is 1.43 bits per heavy atom. The van der Waals surface area contributed by atoms with E-state index in [0.717, 1.165) is 26.1 Å². The minimum atomic E-state index is -0.427. The van der Waals surface area contributed by atoms with E-state index in [1.54, 1.807) is 6.92 Å². The van der Waals surface area contributed by atoms with E-state index >= 15 is 0 Å². The summed E-state index contributed by atoms with van der Waals surface area (Å²) in [5.41, 5.74) is 0. The number of alkyl halides is 1. The number of carbonyl (C=O) groups is 1. The normalized spacial score (nSPS) is 12.9. The molecule has 0 aliphatic heterocycles. The smallest absolute Gasteiger partial charge is 0.237 e. The first-order chi connectivity index (χ1) is 6.61. The highest BCUT2D eigenvalue weighted by Crippen LogP contribution is 1.93. The number of halogens is 1. The maximum Gasteiger partial charge on any atom is 0.237 e. The summed E-state index contributed by atoms with van der Waals surface area (Å²) < 4.78 is 0. The van der Waals surface area contributed by atoms with Gasteiger partial charge in [0, 0.05) is 6.54 Å². The van der Waals surface area contributed by atoms with Crippen molar-refractivity contribution in [2.45, 2.75) is 32.6 Å². The average Bonchev–Trinajstić information content (AvgIpc) is 2.17. The summed E-state index contributed by atoms with van der Waals surface area (Å²) in [4.78, 5) is 13.4. The molecule has 0 aromatic carbocycles. The van der Waals surface area contributed by atoms with Gasteiger partial charge in [0.05, 0.1) is 0 Å². The lowest BCUT2D eigenvalue weighted by molar-refractivity contribution is -0.120. The van der Waals surface area contributed by atoms with Gasteiger partial charge in [0.1, 0.15) is 5.38 Å². The summed E-state index contributed by atoms with van der Waals surface area (Å²) in [7, 11) is 0. The van der Waals surface area contributed by atoms with Crippen LogP contribution in [0.1, 0.15) is 27.2 Å². The fourth-order valence-electron chi connectivity index (χ4n) is 1.19. The number of nitrogens with zero attached hydrogens (tertiary/aromatic N) is 1. The molecule has 0 rings (SSSR count). The molecule has 0 bridgehead atoms. The Morgan fingerprint density at radius 3 is 2.43 bits per heavy atom. The number of hydrogen-bond donors (Lipinski definition) is 1. The van der Waals surface area contributed by atoms with Gasteiger partial charge in [-0.15, -0.1) is 11.6 Å². The van der Waals surface area contributed by atoms with Gasteiger partial charge in [-0.1, -0.05) is 13.8 Å². The molecule has 0 aromatic heterocycles. The van der Waals surface area contributed by atoms with E-state index in [1.165, 1.54) is 0 Å². The molecule has 0 fully saturated rings. The van der Waals surface area contributed by atoms with Gasteiger partial charge in [0.2, 0.25) is 5.91 Å². The molecule has 0 radical (unpaired) electrons. The zero-order valence-corrected chi connectivity index (χ0v) is 10.1. The minimum Gasteiger partial charge on any atom is -0.355 e. The van der Waals surface area contributed by atoms with Gasteiger partial charge in [-0.05, 0) is 33.0 Å². The Labute approximate surface area is 91.8 Å². The van der Waals surface area contributed by atoms with Gasteiger partial charge >= 0.3 is 0 Å². The molecule has 0 saturated carbocycles. The summed E-state index contributed by atoms with van der Waals surface area (Å²) in [6, 6.07) is 0. The molecule has 0 aliphatic carbocycles. The first-order valence-corrected chi connectivity index (χ1v) is 5.69. The Kier molecular flexibility index (Phi) is 7.90. The Bertz CT molecular complexity index is 158. The quantitative estimate of drug-likeness (QED) is 0.521. The second-order valence-corrected chi connectivity index (χ2v) is 3.94. The summed E-state index contributed by atoms with van der Waals surface area (Å²) in [5, 5.41) is 2.36. The van der Waals surface area contributed by atoms with Gasteiger partial charge in [-0.25, -0.2) is 0 Å². The minimum absolute atomic E-state index is 0.0776. The van der Waals surface area contributed by atoms with E-state index in [0.29, 0.717) is 6.54 Å². The topological polar surface area (TPSA) is 32.3 Å². The largest absolute Gasteiger partial charge is 0.355 e. The fourth-order valence-corrected chi connectivity index (χ4v) is 1.27. The van der Waals surface area contributed by atoms with E-state index in [-0.39, 0.29) is 5.91 Å². The van der Waals surface area contributed by atoms with Crippen molar-refractivity contribution >= 4 is 17.5 Å². The van der Waals surface area contributed by atoms with Crippen molar-refractivity contribution < 1.29 is 4.79 Å². The van der Waals surface area contributed by atoms with Crippen LogP contribution in [0.5, 0.6) is 0 Å².